The van der Waals surface area contributed by atoms with Gasteiger partial charge < -0.3 is 10.5 Å². The fraction of sp³-hybridized carbons (Fsp3) is 0.235. The summed E-state index contributed by atoms with van der Waals surface area (Å²) in [4.78, 5) is 12.9. The van der Waals surface area contributed by atoms with Crippen molar-refractivity contribution in [2.24, 2.45) is 0 Å². The Hall–Kier alpha value is -2.76. The van der Waals surface area contributed by atoms with E-state index in [1.54, 1.807) is 12.1 Å². The van der Waals surface area contributed by atoms with Crippen molar-refractivity contribution < 1.29 is 9.13 Å². The van der Waals surface area contributed by atoms with Crippen molar-refractivity contribution >= 4 is 17.0 Å². The molecule has 0 spiro atoms. The van der Waals surface area contributed by atoms with Crippen LogP contribution in [-0.4, -0.2) is 21.6 Å². The standard InChI is InChI=1S/C17H17FN4O/c1-2-3-10-23-16-15-14(21-17(19)22-16)9-8-13(20-15)11-4-6-12(18)7-5-11/h4-9H,2-3,10H2,1H3,(H2,19,21,22). The molecule has 0 bridgehead atoms. The second-order valence-corrected chi connectivity index (χ2v) is 5.16. The molecule has 6 heteroatoms. The first-order valence-electron chi connectivity index (χ1n) is 7.50. The molecule has 2 heterocycles. The molecule has 0 radical (unpaired) electrons. The van der Waals surface area contributed by atoms with E-state index in [0.29, 0.717) is 29.2 Å². The van der Waals surface area contributed by atoms with E-state index >= 15 is 0 Å². The number of nitrogens with two attached hydrogens (primary N) is 1. The van der Waals surface area contributed by atoms with Crippen LogP contribution in [0.25, 0.3) is 22.3 Å². The van der Waals surface area contributed by atoms with Gasteiger partial charge in [-0.2, -0.15) is 4.98 Å². The molecule has 118 valence electrons. The highest BCUT2D eigenvalue weighted by molar-refractivity contribution is 5.83. The molecule has 0 aliphatic heterocycles. The highest BCUT2D eigenvalue weighted by Gasteiger charge is 2.11. The molecule has 3 aromatic rings. The van der Waals surface area contributed by atoms with Gasteiger partial charge >= 0.3 is 0 Å². The normalized spacial score (nSPS) is 10.9. The molecule has 3 rings (SSSR count). The Bertz CT molecular complexity index is 821. The third kappa shape index (κ3) is 3.36. The fourth-order valence-corrected chi connectivity index (χ4v) is 2.20. The van der Waals surface area contributed by atoms with Gasteiger partial charge in [0.15, 0.2) is 5.52 Å². The van der Waals surface area contributed by atoms with Crippen LogP contribution < -0.4 is 10.5 Å². The summed E-state index contributed by atoms with van der Waals surface area (Å²) < 4.78 is 18.8. The van der Waals surface area contributed by atoms with Crippen molar-refractivity contribution in [3.8, 4) is 17.1 Å². The van der Waals surface area contributed by atoms with Gasteiger partial charge in [-0.15, -0.1) is 0 Å². The Morgan fingerprint density at radius 2 is 1.83 bits per heavy atom. The predicted molar refractivity (Wildman–Crippen MR) is 87.5 cm³/mol. The first kappa shape index (κ1) is 15.1. The number of nitrogen functional groups attached to an aromatic ring is 1. The third-order valence-corrected chi connectivity index (χ3v) is 3.40. The van der Waals surface area contributed by atoms with Crippen LogP contribution in [0.2, 0.25) is 0 Å². The predicted octanol–water partition coefficient (Wildman–Crippen LogP) is 3.59. The molecule has 5 nitrogen and oxygen atoms in total. The lowest BCUT2D eigenvalue weighted by molar-refractivity contribution is 0.301. The zero-order chi connectivity index (χ0) is 16.2. The van der Waals surface area contributed by atoms with Gasteiger partial charge in [0.05, 0.1) is 17.8 Å². The summed E-state index contributed by atoms with van der Waals surface area (Å²) >= 11 is 0. The Kier molecular flexibility index (Phi) is 4.32. The number of fused-ring (bicyclic) bond motifs is 1. The molecule has 0 atom stereocenters. The summed E-state index contributed by atoms with van der Waals surface area (Å²) in [5.74, 6) is 0.250. The van der Waals surface area contributed by atoms with Crippen LogP contribution in [-0.2, 0) is 0 Å². The van der Waals surface area contributed by atoms with Crippen LogP contribution >= 0.6 is 0 Å². The van der Waals surface area contributed by atoms with E-state index in [1.165, 1.54) is 12.1 Å². The molecule has 2 N–H and O–H groups in total. The van der Waals surface area contributed by atoms with E-state index in [4.69, 9.17) is 10.5 Å². The maximum Gasteiger partial charge on any atom is 0.245 e. The summed E-state index contributed by atoms with van der Waals surface area (Å²) in [5, 5.41) is 0. The van der Waals surface area contributed by atoms with Crippen molar-refractivity contribution in [2.45, 2.75) is 19.8 Å². The summed E-state index contributed by atoms with van der Waals surface area (Å²) in [6.07, 6.45) is 1.94. The van der Waals surface area contributed by atoms with Crippen molar-refractivity contribution in [1.82, 2.24) is 15.0 Å². The number of hydrogen-bond donors (Lipinski definition) is 1. The van der Waals surface area contributed by atoms with Gasteiger partial charge in [0.2, 0.25) is 11.8 Å². The zero-order valence-electron chi connectivity index (χ0n) is 12.8. The highest BCUT2D eigenvalue weighted by atomic mass is 19.1. The van der Waals surface area contributed by atoms with Crippen LogP contribution in [0.15, 0.2) is 36.4 Å². The fourth-order valence-electron chi connectivity index (χ4n) is 2.20. The number of aromatic nitrogens is 3. The van der Waals surface area contributed by atoms with E-state index in [-0.39, 0.29) is 11.8 Å². The quantitative estimate of drug-likeness (QED) is 0.729. The largest absolute Gasteiger partial charge is 0.476 e. The van der Waals surface area contributed by atoms with Crippen LogP contribution in [0.1, 0.15) is 19.8 Å². The Balaban J connectivity index is 2.04. The SMILES string of the molecule is CCCCOc1nc(N)nc2ccc(-c3ccc(F)cc3)nc12. The Morgan fingerprint density at radius 1 is 1.04 bits per heavy atom. The maximum atomic E-state index is 13.1. The lowest BCUT2D eigenvalue weighted by Crippen LogP contribution is -2.04. The molecular formula is C17H17FN4O. The van der Waals surface area contributed by atoms with Crippen molar-refractivity contribution in [3.63, 3.8) is 0 Å². The van der Waals surface area contributed by atoms with Crippen molar-refractivity contribution in [3.05, 3.63) is 42.2 Å². The molecule has 0 aliphatic carbocycles. The lowest BCUT2D eigenvalue weighted by Gasteiger charge is -2.09. The molecule has 0 aliphatic rings. The van der Waals surface area contributed by atoms with Gasteiger partial charge in [-0.05, 0) is 42.8 Å². The van der Waals surface area contributed by atoms with Gasteiger partial charge in [0.1, 0.15) is 5.82 Å². The molecule has 0 unspecified atom stereocenters. The minimum absolute atomic E-state index is 0.153. The topological polar surface area (TPSA) is 73.9 Å². The zero-order valence-corrected chi connectivity index (χ0v) is 12.8. The highest BCUT2D eigenvalue weighted by Crippen LogP contribution is 2.26. The molecular weight excluding hydrogens is 295 g/mol. The number of anilines is 1. The molecule has 0 saturated heterocycles. The Morgan fingerprint density at radius 3 is 2.57 bits per heavy atom. The number of nitrogens with zero attached hydrogens (tertiary/aromatic N) is 3. The number of hydrogen-bond acceptors (Lipinski definition) is 5. The van der Waals surface area contributed by atoms with Crippen LogP contribution in [0, 0.1) is 5.82 Å². The number of halogens is 1. The smallest absolute Gasteiger partial charge is 0.245 e. The van der Waals surface area contributed by atoms with E-state index in [0.717, 1.165) is 18.4 Å². The van der Waals surface area contributed by atoms with Gasteiger partial charge in [0.25, 0.3) is 0 Å². The van der Waals surface area contributed by atoms with Gasteiger partial charge in [-0.25, -0.2) is 14.4 Å². The molecule has 1 aromatic carbocycles. The maximum absolute atomic E-state index is 13.1. The van der Waals surface area contributed by atoms with Crippen molar-refractivity contribution in [1.29, 1.82) is 0 Å². The third-order valence-electron chi connectivity index (χ3n) is 3.40. The molecule has 0 fully saturated rings. The number of benzene rings is 1. The number of rotatable bonds is 5. The molecule has 0 saturated carbocycles. The van der Waals surface area contributed by atoms with E-state index in [9.17, 15) is 4.39 Å². The average Bonchev–Trinajstić information content (AvgIpc) is 2.55. The van der Waals surface area contributed by atoms with Gasteiger partial charge in [-0.1, -0.05) is 13.3 Å². The minimum Gasteiger partial charge on any atom is -0.476 e. The number of pyridine rings is 1. The first-order valence-corrected chi connectivity index (χ1v) is 7.50. The summed E-state index contributed by atoms with van der Waals surface area (Å²) in [5.41, 5.74) is 8.41. The van der Waals surface area contributed by atoms with Gasteiger partial charge in [0, 0.05) is 5.56 Å². The summed E-state index contributed by atoms with van der Waals surface area (Å²) in [6.45, 7) is 2.63. The number of ether oxygens (including phenoxy) is 1. The van der Waals surface area contributed by atoms with E-state index in [1.807, 2.05) is 12.1 Å². The van der Waals surface area contributed by atoms with Crippen LogP contribution in [0.3, 0.4) is 0 Å². The average molecular weight is 312 g/mol. The summed E-state index contributed by atoms with van der Waals surface area (Å²) in [6, 6.07) is 9.79. The lowest BCUT2D eigenvalue weighted by atomic mass is 10.1. The molecule has 0 amide bonds. The monoisotopic (exact) mass is 312 g/mol. The molecule has 2 aromatic heterocycles. The second-order valence-electron chi connectivity index (χ2n) is 5.16. The van der Waals surface area contributed by atoms with Crippen molar-refractivity contribution in [2.75, 3.05) is 12.3 Å². The first-order chi connectivity index (χ1) is 11.2. The molecule has 23 heavy (non-hydrogen) atoms. The van der Waals surface area contributed by atoms with E-state index < -0.39 is 0 Å². The van der Waals surface area contributed by atoms with Crippen LogP contribution in [0.5, 0.6) is 5.88 Å². The van der Waals surface area contributed by atoms with E-state index in [2.05, 4.69) is 21.9 Å². The second kappa shape index (κ2) is 6.56. The Labute approximate surface area is 133 Å². The summed E-state index contributed by atoms with van der Waals surface area (Å²) in [7, 11) is 0. The number of unbranched alkanes of at least 4 members (excludes halogenated alkanes) is 1. The van der Waals surface area contributed by atoms with Crippen LogP contribution in [0.4, 0.5) is 10.3 Å². The minimum atomic E-state index is -0.283. The van der Waals surface area contributed by atoms with Gasteiger partial charge in [-0.3, -0.25) is 0 Å².